The Bertz CT molecular complexity index is 801. The summed E-state index contributed by atoms with van der Waals surface area (Å²) in [7, 11) is -4.01. The van der Waals surface area contributed by atoms with Crippen molar-refractivity contribution in [2.75, 3.05) is 10.8 Å². The highest BCUT2D eigenvalue weighted by atomic mass is 32.2. The molecule has 0 aliphatic carbocycles. The van der Waals surface area contributed by atoms with Crippen LogP contribution in [0.4, 0.5) is 11.4 Å². The number of benzene rings is 2. The van der Waals surface area contributed by atoms with Gasteiger partial charge in [0.15, 0.2) is 4.90 Å². The first-order valence-corrected chi connectivity index (χ1v) is 8.71. The van der Waals surface area contributed by atoms with Gasteiger partial charge >= 0.3 is 0 Å². The molecule has 0 saturated carbocycles. The highest BCUT2D eigenvalue weighted by Crippen LogP contribution is 2.29. The Kier molecular flexibility index (Phi) is 5.00. The fourth-order valence-corrected chi connectivity index (χ4v) is 3.97. The molecule has 0 amide bonds. The van der Waals surface area contributed by atoms with E-state index in [-0.39, 0.29) is 11.4 Å². The molecule has 2 aromatic carbocycles. The predicted molar refractivity (Wildman–Crippen MR) is 89.1 cm³/mol. The number of rotatable bonds is 6. The van der Waals surface area contributed by atoms with Gasteiger partial charge in [-0.1, -0.05) is 31.2 Å². The van der Waals surface area contributed by atoms with Crippen molar-refractivity contribution in [1.82, 2.24) is 0 Å². The largest absolute Gasteiger partial charge is 0.289 e. The van der Waals surface area contributed by atoms with Crippen LogP contribution in [-0.2, 0) is 16.4 Å². The number of para-hydroxylation sites is 1. The van der Waals surface area contributed by atoms with Crippen LogP contribution in [0.2, 0.25) is 0 Å². The minimum atomic E-state index is -4.01. The maximum absolute atomic E-state index is 12.9. The molecule has 2 rings (SSSR count). The van der Waals surface area contributed by atoms with Crippen LogP contribution in [0.5, 0.6) is 0 Å². The molecule has 0 fully saturated rings. The summed E-state index contributed by atoms with van der Waals surface area (Å²) in [5.41, 5.74) is 1.16. The molecule has 0 bridgehead atoms. The van der Waals surface area contributed by atoms with Crippen molar-refractivity contribution >= 4 is 21.4 Å². The van der Waals surface area contributed by atoms with Crippen molar-refractivity contribution in [1.29, 1.82) is 0 Å². The lowest BCUT2D eigenvalue weighted by Crippen LogP contribution is -2.31. The van der Waals surface area contributed by atoms with E-state index in [2.05, 4.69) is 0 Å². The molecule has 0 spiro atoms. The quantitative estimate of drug-likeness (QED) is 0.599. The third-order valence-corrected chi connectivity index (χ3v) is 5.50. The van der Waals surface area contributed by atoms with Crippen molar-refractivity contribution in [3.05, 3.63) is 64.2 Å². The lowest BCUT2D eigenvalue weighted by molar-refractivity contribution is -0.387. The van der Waals surface area contributed by atoms with Gasteiger partial charge in [-0.15, -0.1) is 0 Å². The Hall–Kier alpha value is -2.41. The molecule has 0 aliphatic heterocycles. The van der Waals surface area contributed by atoms with Crippen LogP contribution in [0.1, 0.15) is 19.4 Å². The summed E-state index contributed by atoms with van der Waals surface area (Å²) in [6, 6.07) is 12.5. The minimum absolute atomic E-state index is 0.180. The van der Waals surface area contributed by atoms with Crippen molar-refractivity contribution in [2.45, 2.75) is 25.2 Å². The summed E-state index contributed by atoms with van der Waals surface area (Å²) >= 11 is 0. The van der Waals surface area contributed by atoms with Crippen LogP contribution >= 0.6 is 0 Å². The molecule has 0 saturated heterocycles. The molecule has 23 heavy (non-hydrogen) atoms. The predicted octanol–water partition coefficient (Wildman–Crippen LogP) is 3.37. The molecule has 0 heterocycles. The number of nitro groups is 1. The Balaban J connectivity index is 2.53. The second-order valence-corrected chi connectivity index (χ2v) is 6.75. The number of hydrogen-bond acceptors (Lipinski definition) is 4. The van der Waals surface area contributed by atoms with E-state index in [1.807, 2.05) is 19.1 Å². The number of nitro benzene ring substituents is 1. The van der Waals surface area contributed by atoms with Crippen molar-refractivity contribution in [3.63, 3.8) is 0 Å². The van der Waals surface area contributed by atoms with Gasteiger partial charge in [0.05, 0.1) is 10.6 Å². The maximum Gasteiger partial charge on any atom is 0.289 e. The van der Waals surface area contributed by atoms with E-state index in [1.54, 1.807) is 19.1 Å². The maximum atomic E-state index is 12.9. The summed E-state index contributed by atoms with van der Waals surface area (Å²) < 4.78 is 26.9. The van der Waals surface area contributed by atoms with Crippen LogP contribution in [0.25, 0.3) is 0 Å². The number of anilines is 1. The lowest BCUT2D eigenvalue weighted by Gasteiger charge is -2.23. The average Bonchev–Trinajstić information content (AvgIpc) is 2.56. The molecule has 7 heteroatoms. The van der Waals surface area contributed by atoms with Crippen LogP contribution in [0.15, 0.2) is 53.4 Å². The van der Waals surface area contributed by atoms with E-state index in [0.29, 0.717) is 5.69 Å². The molecule has 0 N–H and O–H groups in total. The second-order valence-electron chi connectivity index (χ2n) is 4.91. The summed E-state index contributed by atoms with van der Waals surface area (Å²) in [5.74, 6) is 0. The van der Waals surface area contributed by atoms with Gasteiger partial charge in [0.25, 0.3) is 15.7 Å². The fourth-order valence-electron chi connectivity index (χ4n) is 2.33. The Labute approximate surface area is 135 Å². The third kappa shape index (κ3) is 3.34. The van der Waals surface area contributed by atoms with E-state index in [1.165, 1.54) is 28.6 Å². The van der Waals surface area contributed by atoms with E-state index in [9.17, 15) is 18.5 Å². The topological polar surface area (TPSA) is 80.5 Å². The summed E-state index contributed by atoms with van der Waals surface area (Å²) in [5, 5.41) is 11.1. The lowest BCUT2D eigenvalue weighted by atomic mass is 10.1. The zero-order valence-electron chi connectivity index (χ0n) is 13.0. The van der Waals surface area contributed by atoms with Crippen LogP contribution in [0.3, 0.4) is 0 Å². The molecular formula is C16H18N2O4S. The first-order chi connectivity index (χ1) is 10.9. The molecule has 6 nitrogen and oxygen atoms in total. The van der Waals surface area contributed by atoms with Crippen molar-refractivity contribution < 1.29 is 13.3 Å². The monoisotopic (exact) mass is 334 g/mol. The summed E-state index contributed by atoms with van der Waals surface area (Å²) in [4.78, 5) is 10.1. The Morgan fingerprint density at radius 3 is 2.17 bits per heavy atom. The normalized spacial score (nSPS) is 11.2. The standard InChI is InChI=1S/C16H18N2O4S/c1-3-13-9-11-14(12-10-13)17(4-2)23(21,22)16-8-6-5-7-15(16)18(19)20/h5-12H,3-4H2,1-2H3. The fraction of sp³-hybridized carbons (Fsp3) is 0.250. The van der Waals surface area contributed by atoms with Crippen molar-refractivity contribution in [3.8, 4) is 0 Å². The molecule has 0 atom stereocenters. The minimum Gasteiger partial charge on any atom is -0.266 e. The van der Waals surface area contributed by atoms with Crippen LogP contribution < -0.4 is 4.31 Å². The first-order valence-electron chi connectivity index (χ1n) is 7.27. The van der Waals surface area contributed by atoms with Gasteiger partial charge in [-0.05, 0) is 37.1 Å². The zero-order chi connectivity index (χ0) is 17.0. The van der Waals surface area contributed by atoms with Gasteiger partial charge < -0.3 is 0 Å². The smallest absolute Gasteiger partial charge is 0.266 e. The van der Waals surface area contributed by atoms with Gasteiger partial charge in [0, 0.05) is 12.6 Å². The number of aryl methyl sites for hydroxylation is 1. The zero-order valence-corrected chi connectivity index (χ0v) is 13.8. The first kappa shape index (κ1) is 17.0. The van der Waals surface area contributed by atoms with Crippen LogP contribution in [0, 0.1) is 10.1 Å². The number of nitrogens with zero attached hydrogens (tertiary/aromatic N) is 2. The number of hydrogen-bond donors (Lipinski definition) is 0. The summed E-state index contributed by atoms with van der Waals surface area (Å²) in [6.07, 6.45) is 0.851. The van der Waals surface area contributed by atoms with Gasteiger partial charge in [0.1, 0.15) is 0 Å². The molecular weight excluding hydrogens is 316 g/mol. The molecule has 0 unspecified atom stereocenters. The molecule has 0 aliphatic rings. The molecule has 122 valence electrons. The third-order valence-electron chi connectivity index (χ3n) is 3.55. The van der Waals surface area contributed by atoms with E-state index >= 15 is 0 Å². The van der Waals surface area contributed by atoms with Crippen LogP contribution in [-0.4, -0.2) is 19.9 Å². The Morgan fingerprint density at radius 1 is 1.04 bits per heavy atom. The second kappa shape index (κ2) is 6.78. The molecule has 0 radical (unpaired) electrons. The Morgan fingerprint density at radius 2 is 1.65 bits per heavy atom. The van der Waals surface area contributed by atoms with Gasteiger partial charge in [-0.2, -0.15) is 0 Å². The van der Waals surface area contributed by atoms with E-state index in [0.717, 1.165) is 12.0 Å². The molecule has 2 aromatic rings. The van der Waals surface area contributed by atoms with Gasteiger partial charge in [0.2, 0.25) is 0 Å². The van der Waals surface area contributed by atoms with E-state index in [4.69, 9.17) is 0 Å². The van der Waals surface area contributed by atoms with E-state index < -0.39 is 20.6 Å². The SMILES string of the molecule is CCc1ccc(N(CC)S(=O)(=O)c2ccccc2[N+](=O)[O-])cc1. The van der Waals surface area contributed by atoms with Crippen molar-refractivity contribution in [2.24, 2.45) is 0 Å². The summed E-state index contributed by atoms with van der Waals surface area (Å²) in [6.45, 7) is 3.89. The highest BCUT2D eigenvalue weighted by molar-refractivity contribution is 7.93. The number of sulfonamides is 1. The highest BCUT2D eigenvalue weighted by Gasteiger charge is 2.30. The van der Waals surface area contributed by atoms with Gasteiger partial charge in [-0.3, -0.25) is 14.4 Å². The average molecular weight is 334 g/mol. The van der Waals surface area contributed by atoms with Gasteiger partial charge in [-0.25, -0.2) is 8.42 Å². The molecule has 0 aromatic heterocycles.